The van der Waals surface area contributed by atoms with Crippen LogP contribution in [0.1, 0.15) is 0 Å². The molecule has 85 valence electrons. The van der Waals surface area contributed by atoms with Crippen molar-refractivity contribution in [1.82, 2.24) is 0 Å². The van der Waals surface area contributed by atoms with Crippen LogP contribution in [0.5, 0.6) is 5.75 Å². The number of nitrogens with zero attached hydrogens (tertiary/aromatic N) is 1. The summed E-state index contributed by atoms with van der Waals surface area (Å²) >= 11 is 0. The molecule has 0 bridgehead atoms. The summed E-state index contributed by atoms with van der Waals surface area (Å²) in [5.41, 5.74) is 1.54. The van der Waals surface area contributed by atoms with E-state index in [1.54, 1.807) is 19.2 Å². The maximum absolute atomic E-state index is 10.6. The lowest BCUT2D eigenvalue weighted by molar-refractivity contribution is -0.385. The number of ether oxygens (including phenoxy) is 1. The van der Waals surface area contributed by atoms with Crippen LogP contribution < -0.4 is 4.74 Å². The lowest BCUT2D eigenvalue weighted by Crippen LogP contribution is -1.88. The summed E-state index contributed by atoms with van der Waals surface area (Å²) in [5, 5.41) is 10.6. The molecule has 0 atom stereocenters. The molecule has 0 saturated carbocycles. The molecular weight excluding hydrogens is 218 g/mol. The van der Waals surface area contributed by atoms with Gasteiger partial charge < -0.3 is 4.74 Å². The SMILES string of the molecule is COc1ccc(-c2[c]c([N+](=O)[O-])ccc2)cc1. The van der Waals surface area contributed by atoms with Gasteiger partial charge in [-0.05, 0) is 23.3 Å². The van der Waals surface area contributed by atoms with Crippen LogP contribution in [0.2, 0.25) is 0 Å². The third-order valence-electron chi connectivity index (χ3n) is 2.38. The van der Waals surface area contributed by atoms with Gasteiger partial charge in [0.1, 0.15) is 5.75 Å². The van der Waals surface area contributed by atoms with E-state index in [9.17, 15) is 10.1 Å². The van der Waals surface area contributed by atoms with Crippen LogP contribution in [0.3, 0.4) is 0 Å². The molecule has 0 aliphatic heterocycles. The quantitative estimate of drug-likeness (QED) is 0.599. The van der Waals surface area contributed by atoms with Crippen LogP contribution in [-0.4, -0.2) is 12.0 Å². The third kappa shape index (κ3) is 2.42. The zero-order valence-corrected chi connectivity index (χ0v) is 9.21. The van der Waals surface area contributed by atoms with E-state index < -0.39 is 4.92 Å². The van der Waals surface area contributed by atoms with Gasteiger partial charge in [0.15, 0.2) is 0 Å². The van der Waals surface area contributed by atoms with E-state index in [1.165, 1.54) is 6.07 Å². The first-order valence-corrected chi connectivity index (χ1v) is 5.02. The van der Waals surface area contributed by atoms with E-state index in [4.69, 9.17) is 4.74 Å². The Balaban J connectivity index is 2.38. The van der Waals surface area contributed by atoms with Crippen molar-refractivity contribution < 1.29 is 9.66 Å². The first-order chi connectivity index (χ1) is 8.20. The fraction of sp³-hybridized carbons (Fsp3) is 0.0769. The minimum atomic E-state index is -0.451. The molecule has 0 saturated heterocycles. The van der Waals surface area contributed by atoms with Gasteiger partial charge in [0, 0.05) is 6.07 Å². The lowest BCUT2D eigenvalue weighted by Gasteiger charge is -2.03. The number of hydrogen-bond donors (Lipinski definition) is 0. The maximum atomic E-state index is 10.6. The highest BCUT2D eigenvalue weighted by Crippen LogP contribution is 2.24. The second-order valence-corrected chi connectivity index (χ2v) is 3.44. The van der Waals surface area contributed by atoms with Gasteiger partial charge in [0.25, 0.3) is 5.69 Å². The third-order valence-corrected chi connectivity index (χ3v) is 2.38. The Morgan fingerprint density at radius 2 is 1.88 bits per heavy atom. The number of hydrogen-bond acceptors (Lipinski definition) is 3. The molecule has 0 fully saturated rings. The van der Waals surface area contributed by atoms with Crippen molar-refractivity contribution in [1.29, 1.82) is 0 Å². The van der Waals surface area contributed by atoms with Crippen molar-refractivity contribution in [2.75, 3.05) is 7.11 Å². The number of nitro groups is 1. The number of nitro benzene ring substituents is 1. The highest BCUT2D eigenvalue weighted by molar-refractivity contribution is 5.65. The summed E-state index contributed by atoms with van der Waals surface area (Å²) in [5.74, 6) is 0.749. The van der Waals surface area contributed by atoms with Gasteiger partial charge >= 0.3 is 0 Å². The molecule has 2 aromatic carbocycles. The molecule has 0 spiro atoms. The Kier molecular flexibility index (Phi) is 3.05. The van der Waals surface area contributed by atoms with Gasteiger partial charge in [-0.25, -0.2) is 0 Å². The number of methoxy groups -OCH3 is 1. The Morgan fingerprint density at radius 3 is 2.47 bits per heavy atom. The molecule has 0 N–H and O–H groups in total. The Hall–Kier alpha value is -2.36. The predicted molar refractivity (Wildman–Crippen MR) is 63.9 cm³/mol. The average Bonchev–Trinajstić information content (AvgIpc) is 2.39. The standard InChI is InChI=1S/C13H10NO3/c1-17-13-7-5-10(6-8-13)11-3-2-4-12(9-11)14(15)16/h2-8H,1H3. The number of benzene rings is 2. The summed E-state index contributed by atoms with van der Waals surface area (Å²) < 4.78 is 5.05. The number of rotatable bonds is 3. The average molecular weight is 228 g/mol. The minimum Gasteiger partial charge on any atom is -0.497 e. The van der Waals surface area contributed by atoms with Crippen molar-refractivity contribution in [3.63, 3.8) is 0 Å². The fourth-order valence-electron chi connectivity index (χ4n) is 1.50. The van der Waals surface area contributed by atoms with Crippen LogP contribution in [0.4, 0.5) is 5.69 Å². The fourth-order valence-corrected chi connectivity index (χ4v) is 1.50. The van der Waals surface area contributed by atoms with Crippen LogP contribution in [0.25, 0.3) is 11.1 Å². The molecule has 2 aromatic rings. The molecule has 0 heterocycles. The largest absolute Gasteiger partial charge is 0.497 e. The van der Waals surface area contributed by atoms with E-state index >= 15 is 0 Å². The smallest absolute Gasteiger partial charge is 0.278 e. The van der Waals surface area contributed by atoms with Gasteiger partial charge in [-0.1, -0.05) is 24.3 Å². The summed E-state index contributed by atoms with van der Waals surface area (Å²) in [7, 11) is 1.59. The molecule has 0 unspecified atom stereocenters. The molecule has 0 amide bonds. The first-order valence-electron chi connectivity index (χ1n) is 5.02. The zero-order valence-electron chi connectivity index (χ0n) is 9.21. The van der Waals surface area contributed by atoms with Gasteiger partial charge in [-0.2, -0.15) is 0 Å². The van der Waals surface area contributed by atoms with E-state index in [-0.39, 0.29) is 5.69 Å². The van der Waals surface area contributed by atoms with Gasteiger partial charge in [-0.3, -0.25) is 10.1 Å². The minimum absolute atomic E-state index is 0.0293. The second kappa shape index (κ2) is 4.65. The Bertz CT molecular complexity index is 535. The molecule has 2 rings (SSSR count). The summed E-state index contributed by atoms with van der Waals surface area (Å²) in [4.78, 5) is 10.2. The van der Waals surface area contributed by atoms with E-state index in [0.717, 1.165) is 11.3 Å². The maximum Gasteiger partial charge on any atom is 0.278 e. The Morgan fingerprint density at radius 1 is 1.18 bits per heavy atom. The monoisotopic (exact) mass is 228 g/mol. The van der Waals surface area contributed by atoms with E-state index in [2.05, 4.69) is 6.07 Å². The highest BCUT2D eigenvalue weighted by atomic mass is 16.6. The van der Waals surface area contributed by atoms with Crippen LogP contribution in [0, 0.1) is 16.2 Å². The molecular formula is C13H10NO3. The van der Waals surface area contributed by atoms with E-state index in [1.807, 2.05) is 24.3 Å². The van der Waals surface area contributed by atoms with Crippen molar-refractivity contribution in [3.05, 3.63) is 58.6 Å². The van der Waals surface area contributed by atoms with Gasteiger partial charge in [-0.15, -0.1) is 0 Å². The van der Waals surface area contributed by atoms with Crippen LogP contribution >= 0.6 is 0 Å². The molecule has 4 heteroatoms. The lowest BCUT2D eigenvalue weighted by atomic mass is 10.1. The van der Waals surface area contributed by atoms with Crippen molar-refractivity contribution >= 4 is 5.69 Å². The van der Waals surface area contributed by atoms with Crippen molar-refractivity contribution in [2.24, 2.45) is 0 Å². The topological polar surface area (TPSA) is 52.4 Å². The zero-order chi connectivity index (χ0) is 12.3. The molecule has 1 radical (unpaired) electrons. The van der Waals surface area contributed by atoms with Crippen molar-refractivity contribution in [2.45, 2.75) is 0 Å². The molecule has 0 aliphatic rings. The summed E-state index contributed by atoms with van der Waals surface area (Å²) in [6.45, 7) is 0. The summed E-state index contributed by atoms with van der Waals surface area (Å²) in [6.07, 6.45) is 0. The molecule has 0 aromatic heterocycles. The second-order valence-electron chi connectivity index (χ2n) is 3.44. The normalized spacial score (nSPS) is 9.94. The van der Waals surface area contributed by atoms with E-state index in [0.29, 0.717) is 5.56 Å². The van der Waals surface area contributed by atoms with Gasteiger partial charge in [0.05, 0.1) is 18.1 Å². The predicted octanol–water partition coefficient (Wildman–Crippen LogP) is 3.07. The van der Waals surface area contributed by atoms with Crippen molar-refractivity contribution in [3.8, 4) is 16.9 Å². The first kappa shape index (κ1) is 11.1. The molecule has 0 aliphatic carbocycles. The van der Waals surface area contributed by atoms with Crippen LogP contribution in [0.15, 0.2) is 42.5 Å². The highest BCUT2D eigenvalue weighted by Gasteiger charge is 2.07. The van der Waals surface area contributed by atoms with Gasteiger partial charge in [0.2, 0.25) is 0 Å². The molecule has 4 nitrogen and oxygen atoms in total. The molecule has 17 heavy (non-hydrogen) atoms. The summed E-state index contributed by atoms with van der Waals surface area (Å²) in [6, 6.07) is 14.9. The number of non-ortho nitro benzene ring substituents is 1. The van der Waals surface area contributed by atoms with Crippen LogP contribution in [-0.2, 0) is 0 Å². The Labute approximate surface area is 98.6 Å².